The lowest BCUT2D eigenvalue weighted by Gasteiger charge is -2.40. The normalized spacial score (nSPS) is 22.2. The van der Waals surface area contributed by atoms with Gasteiger partial charge in [-0.05, 0) is 37.0 Å². The van der Waals surface area contributed by atoms with E-state index in [0.29, 0.717) is 6.54 Å². The average molecular weight is 302 g/mol. The van der Waals surface area contributed by atoms with E-state index < -0.39 is 0 Å². The van der Waals surface area contributed by atoms with Crippen molar-refractivity contribution >= 4 is 17.4 Å². The van der Waals surface area contributed by atoms with Crippen molar-refractivity contribution in [3.05, 3.63) is 46.2 Å². The molecule has 110 valence electrons. The van der Waals surface area contributed by atoms with Crippen LogP contribution in [-0.4, -0.2) is 27.4 Å². The molecule has 3 rings (SSSR count). The van der Waals surface area contributed by atoms with E-state index in [0.717, 1.165) is 29.7 Å². The zero-order chi connectivity index (χ0) is 14.8. The molecule has 0 aliphatic carbocycles. The topological polar surface area (TPSA) is 72.1 Å². The van der Waals surface area contributed by atoms with Gasteiger partial charge in [-0.25, -0.2) is 9.78 Å². The first-order chi connectivity index (χ1) is 10.2. The monoisotopic (exact) mass is 302 g/mol. The molecular weight excluding hydrogens is 284 g/mol. The molecule has 2 aromatic heterocycles. The Morgan fingerprint density at radius 3 is 3.05 bits per heavy atom. The maximum Gasteiger partial charge on any atom is 0.315 e. The lowest BCUT2D eigenvalue weighted by atomic mass is 9.82. The second-order valence-corrected chi connectivity index (χ2v) is 6.09. The number of carbonyl (C=O) groups is 1. The third-order valence-corrected chi connectivity index (χ3v) is 4.75. The molecule has 2 amide bonds. The van der Waals surface area contributed by atoms with Crippen LogP contribution in [0.2, 0.25) is 0 Å². The van der Waals surface area contributed by atoms with Crippen LogP contribution in [0.15, 0.2) is 29.4 Å². The fraction of sp³-hybridized carbons (Fsp3) is 0.400. The fourth-order valence-electron chi connectivity index (χ4n) is 3.13. The molecule has 0 saturated carbocycles. The Kier molecular flexibility index (Phi) is 3.88. The quantitative estimate of drug-likeness (QED) is 0.927. The second-order valence-electron chi connectivity index (χ2n) is 5.37. The summed E-state index contributed by atoms with van der Waals surface area (Å²) in [5.41, 5.74) is 10.7. The average Bonchev–Trinajstić information content (AvgIpc) is 3.01. The minimum atomic E-state index is -0.372. The number of amides is 2. The number of urea groups is 1. The molecule has 0 spiro atoms. The van der Waals surface area contributed by atoms with E-state index in [1.165, 1.54) is 0 Å². The van der Waals surface area contributed by atoms with Crippen molar-refractivity contribution in [1.82, 2.24) is 14.9 Å². The van der Waals surface area contributed by atoms with Crippen molar-refractivity contribution in [2.45, 2.75) is 31.7 Å². The third-order valence-electron chi connectivity index (χ3n) is 4.14. The van der Waals surface area contributed by atoms with Crippen LogP contribution in [0.4, 0.5) is 4.79 Å². The number of nitrogens with zero attached hydrogens (tertiary/aromatic N) is 3. The number of piperidine rings is 1. The summed E-state index contributed by atoms with van der Waals surface area (Å²) in [6.07, 6.45) is 5.57. The molecule has 0 aromatic carbocycles. The summed E-state index contributed by atoms with van der Waals surface area (Å²) in [7, 11) is 0. The lowest BCUT2D eigenvalue weighted by Crippen LogP contribution is -2.45. The molecule has 2 unspecified atom stereocenters. The molecule has 1 aliphatic heterocycles. The highest BCUT2D eigenvalue weighted by molar-refractivity contribution is 7.07. The van der Waals surface area contributed by atoms with Gasteiger partial charge in [0.25, 0.3) is 0 Å². The summed E-state index contributed by atoms with van der Waals surface area (Å²) in [6, 6.07) is 1.52. The van der Waals surface area contributed by atoms with E-state index >= 15 is 0 Å². The van der Waals surface area contributed by atoms with Crippen LogP contribution in [0, 0.1) is 6.92 Å². The van der Waals surface area contributed by atoms with Crippen LogP contribution in [0.1, 0.15) is 41.6 Å². The number of pyridine rings is 1. The van der Waals surface area contributed by atoms with Crippen LogP contribution in [0.5, 0.6) is 0 Å². The molecule has 1 aliphatic rings. The summed E-state index contributed by atoms with van der Waals surface area (Å²) < 4.78 is 0. The number of hydrogen-bond donors (Lipinski definition) is 1. The first-order valence-electron chi connectivity index (χ1n) is 7.03. The third kappa shape index (κ3) is 2.63. The van der Waals surface area contributed by atoms with Crippen molar-refractivity contribution in [2.75, 3.05) is 6.54 Å². The minimum absolute atomic E-state index is 0.0768. The van der Waals surface area contributed by atoms with Gasteiger partial charge in [-0.1, -0.05) is 0 Å². The molecular formula is C15H18N4OS. The molecule has 1 saturated heterocycles. The maximum absolute atomic E-state index is 11.9. The van der Waals surface area contributed by atoms with Gasteiger partial charge in [-0.3, -0.25) is 4.98 Å². The summed E-state index contributed by atoms with van der Waals surface area (Å²) in [4.78, 5) is 22.3. The fourth-order valence-corrected chi connectivity index (χ4v) is 3.75. The first-order valence-corrected chi connectivity index (χ1v) is 7.97. The zero-order valence-electron chi connectivity index (χ0n) is 11.9. The molecule has 6 heteroatoms. The highest BCUT2D eigenvalue weighted by Gasteiger charge is 2.37. The number of aryl methyl sites for hydroxylation is 1. The predicted octanol–water partition coefficient (Wildman–Crippen LogP) is 2.85. The van der Waals surface area contributed by atoms with Gasteiger partial charge in [0.1, 0.15) is 0 Å². The largest absolute Gasteiger partial charge is 0.351 e. The Morgan fingerprint density at radius 2 is 2.38 bits per heavy atom. The van der Waals surface area contributed by atoms with Crippen molar-refractivity contribution in [1.29, 1.82) is 0 Å². The van der Waals surface area contributed by atoms with Crippen molar-refractivity contribution in [3.63, 3.8) is 0 Å². The van der Waals surface area contributed by atoms with Crippen molar-refractivity contribution in [2.24, 2.45) is 5.73 Å². The van der Waals surface area contributed by atoms with Gasteiger partial charge in [0, 0.05) is 30.2 Å². The Balaban J connectivity index is 2.07. The number of thiazole rings is 1. The standard InChI is InChI=1S/C15H18N4OS/c1-10-4-5-17-7-12(10)14-11(13-8-21-9-18-13)3-2-6-19(14)15(16)20/h4-5,7-9,11,14H,2-3,6H2,1H3,(H2,16,20). The molecule has 3 heterocycles. The SMILES string of the molecule is Cc1ccncc1C1C(c2cscn2)CCCN1C(N)=O. The summed E-state index contributed by atoms with van der Waals surface area (Å²) in [5, 5.41) is 2.06. The lowest BCUT2D eigenvalue weighted by molar-refractivity contribution is 0.144. The molecule has 1 fully saturated rings. The predicted molar refractivity (Wildman–Crippen MR) is 82.1 cm³/mol. The number of aromatic nitrogens is 2. The van der Waals surface area contributed by atoms with Crippen LogP contribution in [-0.2, 0) is 0 Å². The Bertz CT molecular complexity index is 628. The zero-order valence-corrected chi connectivity index (χ0v) is 12.7. The molecule has 0 radical (unpaired) electrons. The van der Waals surface area contributed by atoms with E-state index in [2.05, 4.69) is 15.3 Å². The van der Waals surface area contributed by atoms with Gasteiger partial charge in [0.2, 0.25) is 0 Å². The van der Waals surface area contributed by atoms with Gasteiger partial charge in [-0.15, -0.1) is 11.3 Å². The van der Waals surface area contributed by atoms with Gasteiger partial charge >= 0.3 is 6.03 Å². The second kappa shape index (κ2) is 5.81. The van der Waals surface area contributed by atoms with Crippen LogP contribution in [0.25, 0.3) is 0 Å². The molecule has 2 N–H and O–H groups in total. The molecule has 21 heavy (non-hydrogen) atoms. The van der Waals surface area contributed by atoms with Crippen molar-refractivity contribution < 1.29 is 4.79 Å². The number of primary amides is 1. The summed E-state index contributed by atoms with van der Waals surface area (Å²) >= 11 is 1.58. The van der Waals surface area contributed by atoms with Gasteiger partial charge < -0.3 is 10.6 Å². The molecule has 2 atom stereocenters. The molecule has 0 bridgehead atoms. The Morgan fingerprint density at radius 1 is 1.52 bits per heavy atom. The molecule has 5 nitrogen and oxygen atoms in total. The van der Waals surface area contributed by atoms with Gasteiger partial charge in [0.15, 0.2) is 0 Å². The summed E-state index contributed by atoms with van der Waals surface area (Å²) in [6.45, 7) is 2.73. The molecule has 2 aromatic rings. The maximum atomic E-state index is 11.9. The Hall–Kier alpha value is -1.95. The van der Waals surface area contributed by atoms with E-state index in [9.17, 15) is 4.79 Å². The van der Waals surface area contributed by atoms with Crippen LogP contribution in [0.3, 0.4) is 0 Å². The highest BCUT2D eigenvalue weighted by Crippen LogP contribution is 2.42. The number of hydrogen-bond acceptors (Lipinski definition) is 4. The van der Waals surface area contributed by atoms with E-state index in [4.69, 9.17) is 5.73 Å². The number of carbonyl (C=O) groups excluding carboxylic acids is 1. The first kappa shape index (κ1) is 14.0. The smallest absolute Gasteiger partial charge is 0.315 e. The van der Waals surface area contributed by atoms with Gasteiger partial charge in [-0.2, -0.15) is 0 Å². The van der Waals surface area contributed by atoms with Gasteiger partial charge in [0.05, 0.1) is 17.2 Å². The minimum Gasteiger partial charge on any atom is -0.351 e. The summed E-state index contributed by atoms with van der Waals surface area (Å²) in [5.74, 6) is 0.181. The number of nitrogens with two attached hydrogens (primary N) is 1. The van der Waals surface area contributed by atoms with Crippen LogP contribution >= 0.6 is 11.3 Å². The van der Waals surface area contributed by atoms with E-state index in [1.807, 2.05) is 24.7 Å². The van der Waals surface area contributed by atoms with E-state index in [-0.39, 0.29) is 18.0 Å². The van der Waals surface area contributed by atoms with Crippen LogP contribution < -0.4 is 5.73 Å². The number of rotatable bonds is 2. The van der Waals surface area contributed by atoms with E-state index in [1.54, 1.807) is 22.4 Å². The number of likely N-dealkylation sites (tertiary alicyclic amines) is 1. The highest BCUT2D eigenvalue weighted by atomic mass is 32.1. The Labute approximate surface area is 127 Å². The van der Waals surface area contributed by atoms with Crippen molar-refractivity contribution in [3.8, 4) is 0 Å².